The lowest BCUT2D eigenvalue weighted by atomic mass is 10.2. The molecule has 114 valence electrons. The summed E-state index contributed by atoms with van der Waals surface area (Å²) in [5, 5.41) is 3.20. The van der Waals surface area contributed by atoms with Crippen molar-refractivity contribution in [3.63, 3.8) is 0 Å². The second-order valence-corrected chi connectivity index (χ2v) is 4.73. The van der Waals surface area contributed by atoms with Gasteiger partial charge in [0.25, 0.3) is 0 Å². The number of nitrogens with zero attached hydrogens (tertiary/aromatic N) is 3. The summed E-state index contributed by atoms with van der Waals surface area (Å²) >= 11 is 0. The molecule has 4 nitrogen and oxygen atoms in total. The fraction of sp³-hybridized carbons (Fsp3) is 0.294. The number of terminal acetylenes is 1. The van der Waals surface area contributed by atoms with E-state index in [0.29, 0.717) is 29.6 Å². The normalized spacial score (nSPS) is 10.1. The topological polar surface area (TPSA) is 41.1 Å². The Morgan fingerprint density at radius 3 is 2.82 bits per heavy atom. The average Bonchev–Trinajstić information content (AvgIpc) is 2.54. The van der Waals surface area contributed by atoms with Crippen molar-refractivity contribution >= 4 is 17.5 Å². The van der Waals surface area contributed by atoms with Gasteiger partial charge in [-0.05, 0) is 31.5 Å². The molecule has 0 saturated heterocycles. The molecule has 5 heteroatoms. The molecule has 0 aliphatic carbocycles. The minimum atomic E-state index is -0.291. The molecule has 0 atom stereocenters. The van der Waals surface area contributed by atoms with Crippen molar-refractivity contribution in [1.82, 2.24) is 9.97 Å². The molecular formula is C17H19FN4. The molecule has 0 fully saturated rings. The minimum Gasteiger partial charge on any atom is -0.369 e. The molecule has 1 N–H and O–H groups in total. The average molecular weight is 298 g/mol. The zero-order valence-electron chi connectivity index (χ0n) is 12.8. The highest BCUT2D eigenvalue weighted by molar-refractivity contribution is 5.61. The van der Waals surface area contributed by atoms with Gasteiger partial charge in [-0.15, -0.1) is 6.42 Å². The summed E-state index contributed by atoms with van der Waals surface area (Å²) in [6.07, 6.45) is 8.06. The minimum absolute atomic E-state index is 0.291. The second kappa shape index (κ2) is 7.41. The van der Waals surface area contributed by atoms with Crippen molar-refractivity contribution in [3.05, 3.63) is 41.8 Å². The van der Waals surface area contributed by atoms with Crippen LogP contribution in [-0.2, 0) is 0 Å². The third kappa shape index (κ3) is 3.53. The maximum absolute atomic E-state index is 13.4. The molecule has 0 saturated carbocycles. The maximum atomic E-state index is 13.4. The molecule has 22 heavy (non-hydrogen) atoms. The predicted octanol–water partition coefficient (Wildman–Crippen LogP) is 3.58. The molecule has 0 spiro atoms. The van der Waals surface area contributed by atoms with Crippen LogP contribution in [0.5, 0.6) is 0 Å². The molecule has 2 rings (SSSR count). The lowest BCUT2D eigenvalue weighted by Crippen LogP contribution is -2.20. The Morgan fingerprint density at radius 1 is 1.36 bits per heavy atom. The quantitative estimate of drug-likeness (QED) is 0.828. The van der Waals surface area contributed by atoms with E-state index in [1.807, 2.05) is 17.9 Å². The van der Waals surface area contributed by atoms with Crippen LogP contribution in [0.1, 0.15) is 25.8 Å². The van der Waals surface area contributed by atoms with Gasteiger partial charge >= 0.3 is 0 Å². The molecule has 0 bridgehead atoms. The number of benzene rings is 1. The van der Waals surface area contributed by atoms with Crippen LogP contribution in [0.3, 0.4) is 0 Å². The van der Waals surface area contributed by atoms with Crippen molar-refractivity contribution in [1.29, 1.82) is 0 Å². The van der Waals surface area contributed by atoms with Crippen molar-refractivity contribution in [2.75, 3.05) is 23.3 Å². The van der Waals surface area contributed by atoms with Gasteiger partial charge in [0.05, 0.1) is 11.8 Å². The first kappa shape index (κ1) is 15.8. The van der Waals surface area contributed by atoms with E-state index >= 15 is 0 Å². The summed E-state index contributed by atoms with van der Waals surface area (Å²) < 4.78 is 13.4. The first-order valence-electron chi connectivity index (χ1n) is 7.30. The van der Waals surface area contributed by atoms with Crippen molar-refractivity contribution in [2.24, 2.45) is 0 Å². The smallest absolute Gasteiger partial charge is 0.231 e. The largest absolute Gasteiger partial charge is 0.369 e. The monoisotopic (exact) mass is 298 g/mol. The highest BCUT2D eigenvalue weighted by atomic mass is 19.1. The Balaban J connectivity index is 2.39. The number of hydrogen-bond acceptors (Lipinski definition) is 4. The molecule has 1 heterocycles. The van der Waals surface area contributed by atoms with E-state index in [1.165, 1.54) is 12.1 Å². The molecule has 0 radical (unpaired) electrons. The zero-order chi connectivity index (χ0) is 15.9. The Labute approximate surface area is 130 Å². The Morgan fingerprint density at radius 2 is 2.18 bits per heavy atom. The first-order chi connectivity index (χ1) is 10.7. The van der Waals surface area contributed by atoms with Crippen LogP contribution < -0.4 is 10.2 Å². The second-order valence-electron chi connectivity index (χ2n) is 4.73. The number of anilines is 3. The molecule has 0 aliphatic heterocycles. The summed E-state index contributed by atoms with van der Waals surface area (Å²) in [5.74, 6) is 3.40. The summed E-state index contributed by atoms with van der Waals surface area (Å²) in [7, 11) is 0. The van der Waals surface area contributed by atoms with Gasteiger partial charge in [0.15, 0.2) is 0 Å². The van der Waals surface area contributed by atoms with Crippen LogP contribution in [0, 0.1) is 18.2 Å². The van der Waals surface area contributed by atoms with E-state index < -0.39 is 0 Å². The van der Waals surface area contributed by atoms with E-state index in [-0.39, 0.29) is 5.82 Å². The number of halogens is 1. The first-order valence-corrected chi connectivity index (χ1v) is 7.30. The van der Waals surface area contributed by atoms with Crippen LogP contribution in [0.15, 0.2) is 30.5 Å². The van der Waals surface area contributed by atoms with Gasteiger partial charge in [0.1, 0.15) is 11.6 Å². The number of aromatic nitrogens is 2. The molecular weight excluding hydrogens is 279 g/mol. The molecule has 0 amide bonds. The van der Waals surface area contributed by atoms with Gasteiger partial charge < -0.3 is 10.2 Å². The van der Waals surface area contributed by atoms with Gasteiger partial charge in [0.2, 0.25) is 5.95 Å². The standard InChI is InChI=1S/C17H19FN4/c1-4-10-19-16-13(5-2)12-20-17(21-16)22(6-3)15-9-7-8-14(18)11-15/h2,7-9,11-12H,4,6,10H2,1,3H3,(H,19,20,21). The third-order valence-corrected chi connectivity index (χ3v) is 3.15. The highest BCUT2D eigenvalue weighted by Gasteiger charge is 2.13. The van der Waals surface area contributed by atoms with Crippen molar-refractivity contribution in [3.8, 4) is 12.3 Å². The van der Waals surface area contributed by atoms with Crippen LogP contribution in [0.2, 0.25) is 0 Å². The zero-order valence-corrected chi connectivity index (χ0v) is 12.8. The van der Waals surface area contributed by atoms with E-state index in [0.717, 1.165) is 13.0 Å². The van der Waals surface area contributed by atoms with Crippen LogP contribution >= 0.6 is 0 Å². The predicted molar refractivity (Wildman–Crippen MR) is 87.8 cm³/mol. The van der Waals surface area contributed by atoms with Gasteiger partial charge in [-0.25, -0.2) is 9.37 Å². The number of nitrogens with one attached hydrogen (secondary N) is 1. The van der Waals surface area contributed by atoms with Crippen LogP contribution in [0.25, 0.3) is 0 Å². The summed E-state index contributed by atoms with van der Waals surface area (Å²) in [4.78, 5) is 10.6. The highest BCUT2D eigenvalue weighted by Crippen LogP contribution is 2.24. The van der Waals surface area contributed by atoms with Gasteiger partial charge in [-0.3, -0.25) is 0 Å². The van der Waals surface area contributed by atoms with E-state index in [2.05, 4.69) is 28.1 Å². The lowest BCUT2D eigenvalue weighted by molar-refractivity contribution is 0.627. The SMILES string of the molecule is C#Cc1cnc(N(CC)c2cccc(F)c2)nc1NCCC. The third-order valence-electron chi connectivity index (χ3n) is 3.15. The molecule has 0 unspecified atom stereocenters. The Hall–Kier alpha value is -2.61. The Kier molecular flexibility index (Phi) is 5.31. The fourth-order valence-electron chi connectivity index (χ4n) is 2.07. The molecule has 0 aliphatic rings. The number of rotatable bonds is 6. The molecule has 1 aromatic carbocycles. The summed E-state index contributed by atoms with van der Waals surface area (Å²) in [6, 6.07) is 6.36. The lowest BCUT2D eigenvalue weighted by Gasteiger charge is -2.21. The van der Waals surface area contributed by atoms with Crippen LogP contribution in [0.4, 0.5) is 21.8 Å². The molecule has 2 aromatic rings. The summed E-state index contributed by atoms with van der Waals surface area (Å²) in [5.41, 5.74) is 1.32. The van der Waals surface area contributed by atoms with E-state index in [1.54, 1.807) is 12.3 Å². The van der Waals surface area contributed by atoms with Crippen molar-refractivity contribution in [2.45, 2.75) is 20.3 Å². The number of hydrogen-bond donors (Lipinski definition) is 1. The van der Waals surface area contributed by atoms with Crippen molar-refractivity contribution < 1.29 is 4.39 Å². The van der Waals surface area contributed by atoms with Gasteiger partial charge in [-0.1, -0.05) is 18.9 Å². The Bertz CT molecular complexity index is 679. The van der Waals surface area contributed by atoms with Gasteiger partial charge in [0, 0.05) is 18.8 Å². The molecule has 1 aromatic heterocycles. The summed E-state index contributed by atoms with van der Waals surface area (Å²) in [6.45, 7) is 5.42. The van der Waals surface area contributed by atoms with Crippen LogP contribution in [-0.4, -0.2) is 23.1 Å². The maximum Gasteiger partial charge on any atom is 0.231 e. The fourth-order valence-corrected chi connectivity index (χ4v) is 2.07. The van der Waals surface area contributed by atoms with E-state index in [9.17, 15) is 4.39 Å². The van der Waals surface area contributed by atoms with Gasteiger partial charge in [-0.2, -0.15) is 4.98 Å². The van der Waals surface area contributed by atoms with E-state index in [4.69, 9.17) is 6.42 Å².